The fourth-order valence-corrected chi connectivity index (χ4v) is 2.59. The zero-order valence-electron chi connectivity index (χ0n) is 12.3. The third-order valence-electron chi connectivity index (χ3n) is 3.87. The Labute approximate surface area is 135 Å². The Morgan fingerprint density at radius 2 is 1.68 bits per heavy atom. The lowest BCUT2D eigenvalue weighted by atomic mass is 10.0. The zero-order valence-corrected chi connectivity index (χ0v) is 13.1. The van der Waals surface area contributed by atoms with Gasteiger partial charge < -0.3 is 15.7 Å². The van der Waals surface area contributed by atoms with E-state index in [1.807, 2.05) is 0 Å². The van der Waals surface area contributed by atoms with Gasteiger partial charge in [-0.05, 0) is 12.8 Å². The minimum Gasteiger partial charge on any atom is -0.393 e. The molecule has 1 aromatic carbocycles. The Morgan fingerprint density at radius 3 is 2.23 bits per heavy atom. The van der Waals surface area contributed by atoms with E-state index < -0.39 is 0 Å². The maximum absolute atomic E-state index is 12.1. The first-order valence-electron chi connectivity index (χ1n) is 7.36. The van der Waals surface area contributed by atoms with Gasteiger partial charge in [-0.1, -0.05) is 36.5 Å². The summed E-state index contributed by atoms with van der Waals surface area (Å²) in [5.74, 6) is -0.0973. The quantitative estimate of drug-likeness (QED) is 0.630. The van der Waals surface area contributed by atoms with Crippen LogP contribution in [0.3, 0.4) is 0 Å². The molecular formula is C16H20N2O3S. The van der Waals surface area contributed by atoms with Gasteiger partial charge in [0, 0.05) is 37.1 Å². The largest absolute Gasteiger partial charge is 0.393 e. The number of aliphatic hydroxyl groups excluding tert-OH is 1. The molecule has 0 aliphatic carbocycles. The van der Waals surface area contributed by atoms with Crippen molar-refractivity contribution < 1.29 is 14.7 Å². The van der Waals surface area contributed by atoms with Crippen LogP contribution in [0.1, 0.15) is 41.6 Å². The lowest BCUT2D eigenvalue weighted by molar-refractivity contribution is -0.133. The van der Waals surface area contributed by atoms with E-state index in [1.54, 1.807) is 29.2 Å². The number of carbonyl (C=O) groups is 2. The molecule has 0 radical (unpaired) electrons. The van der Waals surface area contributed by atoms with E-state index in [1.165, 1.54) is 0 Å². The predicted octanol–water partition coefficient (Wildman–Crippen LogP) is 1.27. The number of carbonyl (C=O) groups excluding carboxylic acids is 2. The number of benzene rings is 1. The Hall–Kier alpha value is -1.79. The Kier molecular flexibility index (Phi) is 5.63. The van der Waals surface area contributed by atoms with Crippen molar-refractivity contribution in [2.45, 2.75) is 31.8 Å². The van der Waals surface area contributed by atoms with Crippen molar-refractivity contribution in [1.29, 1.82) is 0 Å². The number of nitrogens with zero attached hydrogens (tertiary/aromatic N) is 1. The number of ketones is 1. The number of nitrogens with two attached hydrogens (primary N) is 1. The summed E-state index contributed by atoms with van der Waals surface area (Å²) < 4.78 is 0. The highest BCUT2D eigenvalue weighted by Crippen LogP contribution is 2.13. The maximum Gasteiger partial charge on any atom is 0.223 e. The van der Waals surface area contributed by atoms with E-state index in [0.29, 0.717) is 36.5 Å². The van der Waals surface area contributed by atoms with Gasteiger partial charge in [0.2, 0.25) is 5.91 Å². The van der Waals surface area contributed by atoms with Gasteiger partial charge in [-0.2, -0.15) is 0 Å². The average molecular weight is 320 g/mol. The number of aliphatic hydroxyl groups is 1. The van der Waals surface area contributed by atoms with Crippen molar-refractivity contribution >= 4 is 28.9 Å². The second-order valence-electron chi connectivity index (χ2n) is 5.48. The molecule has 0 bridgehead atoms. The van der Waals surface area contributed by atoms with Crippen molar-refractivity contribution in [3.05, 3.63) is 35.4 Å². The molecule has 1 aliphatic rings. The summed E-state index contributed by atoms with van der Waals surface area (Å²) >= 11 is 4.86. The molecule has 118 valence electrons. The molecule has 1 aliphatic heterocycles. The van der Waals surface area contributed by atoms with Gasteiger partial charge in [-0.25, -0.2) is 0 Å². The van der Waals surface area contributed by atoms with Gasteiger partial charge in [0.15, 0.2) is 5.78 Å². The van der Waals surface area contributed by atoms with Crippen LogP contribution in [-0.4, -0.2) is 45.9 Å². The van der Waals surface area contributed by atoms with Crippen molar-refractivity contribution in [1.82, 2.24) is 4.90 Å². The molecule has 6 heteroatoms. The molecule has 0 unspecified atom stereocenters. The molecule has 22 heavy (non-hydrogen) atoms. The number of likely N-dealkylation sites (tertiary alicyclic amines) is 1. The Balaban J connectivity index is 1.84. The second-order valence-corrected chi connectivity index (χ2v) is 5.92. The second kappa shape index (κ2) is 7.47. The first-order valence-corrected chi connectivity index (χ1v) is 7.77. The Bertz CT molecular complexity index is 563. The molecule has 0 saturated carbocycles. The molecule has 1 fully saturated rings. The normalized spacial score (nSPS) is 15.6. The summed E-state index contributed by atoms with van der Waals surface area (Å²) in [7, 11) is 0. The monoisotopic (exact) mass is 320 g/mol. The highest BCUT2D eigenvalue weighted by Gasteiger charge is 2.21. The zero-order chi connectivity index (χ0) is 16.1. The highest BCUT2D eigenvalue weighted by molar-refractivity contribution is 7.80. The van der Waals surface area contributed by atoms with Gasteiger partial charge in [-0.15, -0.1) is 0 Å². The van der Waals surface area contributed by atoms with Crippen molar-refractivity contribution in [2.75, 3.05) is 13.1 Å². The topological polar surface area (TPSA) is 83.6 Å². The molecule has 1 aromatic rings. The lowest BCUT2D eigenvalue weighted by Crippen LogP contribution is -2.40. The SMILES string of the molecule is NC(=S)c1ccc(C(=O)CCC(=O)N2CCC(O)CC2)cc1. The summed E-state index contributed by atoms with van der Waals surface area (Å²) in [5.41, 5.74) is 6.78. The third-order valence-corrected chi connectivity index (χ3v) is 4.11. The van der Waals surface area contributed by atoms with Gasteiger partial charge >= 0.3 is 0 Å². The average Bonchev–Trinajstić information content (AvgIpc) is 2.53. The molecule has 5 nitrogen and oxygen atoms in total. The van der Waals surface area contributed by atoms with Gasteiger partial charge in [0.1, 0.15) is 4.99 Å². The first kappa shape index (κ1) is 16.6. The molecular weight excluding hydrogens is 300 g/mol. The van der Waals surface area contributed by atoms with Crippen LogP contribution >= 0.6 is 12.2 Å². The van der Waals surface area contributed by atoms with E-state index in [0.717, 1.165) is 5.56 Å². The summed E-state index contributed by atoms with van der Waals surface area (Å²) in [6, 6.07) is 6.78. The molecule has 1 amide bonds. The van der Waals surface area contributed by atoms with Crippen molar-refractivity contribution in [3.8, 4) is 0 Å². The van der Waals surface area contributed by atoms with Crippen LogP contribution in [-0.2, 0) is 4.79 Å². The number of thiocarbonyl (C=S) groups is 1. The summed E-state index contributed by atoms with van der Waals surface area (Å²) in [6.45, 7) is 1.13. The molecule has 1 heterocycles. The van der Waals surface area contributed by atoms with E-state index in [-0.39, 0.29) is 30.6 Å². The number of rotatable bonds is 5. The van der Waals surface area contributed by atoms with Crippen LogP contribution in [0.25, 0.3) is 0 Å². The van der Waals surface area contributed by atoms with Crippen LogP contribution in [0.4, 0.5) is 0 Å². The highest BCUT2D eigenvalue weighted by atomic mass is 32.1. The summed E-state index contributed by atoms with van der Waals surface area (Å²) in [4.78, 5) is 26.1. The molecule has 3 N–H and O–H groups in total. The van der Waals surface area contributed by atoms with Crippen molar-refractivity contribution in [3.63, 3.8) is 0 Å². The van der Waals surface area contributed by atoms with E-state index in [9.17, 15) is 14.7 Å². The van der Waals surface area contributed by atoms with Crippen LogP contribution in [0.2, 0.25) is 0 Å². The van der Waals surface area contributed by atoms with Gasteiger partial charge in [0.25, 0.3) is 0 Å². The number of amides is 1. The lowest BCUT2D eigenvalue weighted by Gasteiger charge is -2.29. The van der Waals surface area contributed by atoms with Crippen molar-refractivity contribution in [2.24, 2.45) is 5.73 Å². The van der Waals surface area contributed by atoms with E-state index in [4.69, 9.17) is 18.0 Å². The number of hydrogen-bond acceptors (Lipinski definition) is 4. The summed E-state index contributed by atoms with van der Waals surface area (Å²) in [6.07, 6.45) is 1.30. The fraction of sp³-hybridized carbons (Fsp3) is 0.438. The predicted molar refractivity (Wildman–Crippen MR) is 87.7 cm³/mol. The summed E-state index contributed by atoms with van der Waals surface area (Å²) in [5, 5.41) is 9.43. The number of hydrogen-bond donors (Lipinski definition) is 2. The van der Waals surface area contributed by atoms with E-state index in [2.05, 4.69) is 0 Å². The standard InChI is InChI=1S/C16H20N2O3S/c17-16(22)12-3-1-11(2-4-12)14(20)5-6-15(21)18-9-7-13(19)8-10-18/h1-4,13,19H,5-10H2,(H2,17,22). The smallest absolute Gasteiger partial charge is 0.223 e. The van der Waals surface area contributed by atoms with Crippen LogP contribution < -0.4 is 5.73 Å². The molecule has 1 saturated heterocycles. The molecule has 0 aromatic heterocycles. The third kappa shape index (κ3) is 4.35. The number of piperidine rings is 1. The molecule has 0 atom stereocenters. The van der Waals surface area contributed by atoms with E-state index >= 15 is 0 Å². The molecule has 2 rings (SSSR count). The minimum absolute atomic E-state index is 0.0278. The fourth-order valence-electron chi connectivity index (χ4n) is 2.46. The minimum atomic E-state index is -0.308. The number of Topliss-reactive ketones (excluding diaryl/α,β-unsaturated/α-hetero) is 1. The van der Waals surface area contributed by atoms with Crippen LogP contribution in [0.15, 0.2) is 24.3 Å². The van der Waals surface area contributed by atoms with Gasteiger partial charge in [-0.3, -0.25) is 9.59 Å². The van der Waals surface area contributed by atoms with Crippen LogP contribution in [0, 0.1) is 0 Å². The Morgan fingerprint density at radius 1 is 1.14 bits per heavy atom. The first-order chi connectivity index (χ1) is 10.5. The maximum atomic E-state index is 12.1. The van der Waals surface area contributed by atoms with Crippen LogP contribution in [0.5, 0.6) is 0 Å². The molecule has 0 spiro atoms. The van der Waals surface area contributed by atoms with Gasteiger partial charge in [0.05, 0.1) is 6.10 Å².